The largest absolute Gasteiger partial charge is 0.477 e. The van der Waals surface area contributed by atoms with E-state index in [2.05, 4.69) is 27.0 Å². The number of hydrogen-bond donors (Lipinski definition) is 3. The number of nitrogens with two attached hydrogens (primary N) is 1. The first kappa shape index (κ1) is 29.0. The number of nitrogens with zero attached hydrogens (tertiary/aromatic N) is 4. The predicted octanol–water partition coefficient (Wildman–Crippen LogP) is 3.74. The van der Waals surface area contributed by atoms with Gasteiger partial charge in [0.15, 0.2) is 5.69 Å². The zero-order valence-corrected chi connectivity index (χ0v) is 22.5. The molecule has 212 valence electrons. The fourth-order valence-electron chi connectivity index (χ4n) is 4.55. The molecule has 0 fully saturated rings. The molecule has 0 unspecified atom stereocenters. The molecule has 4 aromatic rings. The number of amides is 1. The minimum absolute atomic E-state index is 0.0133. The Balaban J connectivity index is 0.000000328. The summed E-state index contributed by atoms with van der Waals surface area (Å²) >= 11 is 0. The molecule has 1 aliphatic rings. The second-order valence-corrected chi connectivity index (χ2v) is 9.40. The van der Waals surface area contributed by atoms with Crippen LogP contribution in [0.2, 0.25) is 0 Å². The molecular formula is C29H29FN6O5. The second-order valence-electron chi connectivity index (χ2n) is 9.40. The van der Waals surface area contributed by atoms with Crippen LogP contribution >= 0.6 is 0 Å². The van der Waals surface area contributed by atoms with E-state index in [1.165, 1.54) is 35.1 Å². The van der Waals surface area contributed by atoms with Crippen LogP contribution in [0.1, 0.15) is 79.0 Å². The number of carboxylic acids is 1. The van der Waals surface area contributed by atoms with Crippen LogP contribution in [0.5, 0.6) is 0 Å². The number of esters is 1. The third-order valence-electron chi connectivity index (χ3n) is 6.65. The van der Waals surface area contributed by atoms with Crippen LogP contribution in [-0.2, 0) is 11.2 Å². The van der Waals surface area contributed by atoms with Gasteiger partial charge in [0.05, 0.1) is 11.6 Å². The monoisotopic (exact) mass is 560 g/mol. The van der Waals surface area contributed by atoms with Gasteiger partial charge in [0.25, 0.3) is 11.7 Å². The van der Waals surface area contributed by atoms with Crippen LogP contribution in [0.15, 0.2) is 61.4 Å². The summed E-state index contributed by atoms with van der Waals surface area (Å²) < 4.78 is 18.6. The molecule has 12 heteroatoms. The average Bonchev–Trinajstić information content (AvgIpc) is 3.59. The maximum atomic E-state index is 13.0. The number of ether oxygens (including phenoxy) is 1. The summed E-state index contributed by atoms with van der Waals surface area (Å²) in [5, 5.41) is 16.2. The van der Waals surface area contributed by atoms with Crippen LogP contribution in [0.4, 0.5) is 4.39 Å². The number of rotatable bonds is 7. The van der Waals surface area contributed by atoms with E-state index in [-0.39, 0.29) is 41.7 Å². The number of aromatic carboxylic acids is 1. The number of carbonyl (C=O) groups excluding carboxylic acids is 2. The molecule has 0 aliphatic heterocycles. The Hall–Kier alpha value is -4.97. The molecule has 0 spiro atoms. The van der Waals surface area contributed by atoms with E-state index in [4.69, 9.17) is 10.5 Å². The molecule has 4 N–H and O–H groups in total. The van der Waals surface area contributed by atoms with Gasteiger partial charge in [-0.05, 0) is 67.1 Å². The first-order chi connectivity index (χ1) is 19.6. The summed E-state index contributed by atoms with van der Waals surface area (Å²) in [6.07, 6.45) is 4.04. The molecule has 2 atom stereocenters. The van der Waals surface area contributed by atoms with Crippen LogP contribution in [0.25, 0.3) is 5.78 Å². The third-order valence-corrected chi connectivity index (χ3v) is 6.65. The van der Waals surface area contributed by atoms with Crippen molar-refractivity contribution >= 4 is 23.6 Å². The van der Waals surface area contributed by atoms with E-state index in [1.807, 2.05) is 19.9 Å². The molecule has 0 saturated carbocycles. The normalized spacial score (nSPS) is 14.4. The third kappa shape index (κ3) is 6.44. The Morgan fingerprint density at radius 1 is 1.27 bits per heavy atom. The first-order valence-electron chi connectivity index (χ1n) is 12.8. The SMILES string of the molecule is C=CCOC(=O)c1ccc2c(c1C)CC[C@@H]2NC(=O)c1cc(C(=O)O)nc2ncnn12.C[C@H](N)c1ccc(F)cc1. The number of nitrogens with one attached hydrogen (secondary N) is 1. The summed E-state index contributed by atoms with van der Waals surface area (Å²) in [7, 11) is 0. The number of fused-ring (bicyclic) bond motifs is 2. The van der Waals surface area contributed by atoms with Gasteiger partial charge in [0, 0.05) is 12.1 Å². The lowest BCUT2D eigenvalue weighted by Gasteiger charge is -2.16. The molecule has 2 aromatic heterocycles. The molecule has 11 nitrogen and oxygen atoms in total. The molecule has 0 bridgehead atoms. The topological polar surface area (TPSA) is 162 Å². The summed E-state index contributed by atoms with van der Waals surface area (Å²) in [6.45, 7) is 7.39. The predicted molar refractivity (Wildman–Crippen MR) is 147 cm³/mol. The van der Waals surface area contributed by atoms with Crippen molar-refractivity contribution in [3.05, 3.63) is 106 Å². The highest BCUT2D eigenvalue weighted by molar-refractivity contribution is 5.96. The molecule has 41 heavy (non-hydrogen) atoms. The van der Waals surface area contributed by atoms with Gasteiger partial charge >= 0.3 is 11.9 Å². The zero-order chi connectivity index (χ0) is 29.7. The first-order valence-corrected chi connectivity index (χ1v) is 12.8. The van der Waals surface area contributed by atoms with Gasteiger partial charge in [0.1, 0.15) is 24.4 Å². The smallest absolute Gasteiger partial charge is 0.354 e. The molecule has 0 radical (unpaired) electrons. The molecule has 0 saturated heterocycles. The van der Waals surface area contributed by atoms with Crippen LogP contribution in [0.3, 0.4) is 0 Å². The number of hydrogen-bond acceptors (Lipinski definition) is 8. The van der Waals surface area contributed by atoms with E-state index < -0.39 is 17.8 Å². The quantitative estimate of drug-likeness (QED) is 0.226. The Bertz CT molecular complexity index is 1620. The average molecular weight is 561 g/mol. The highest BCUT2D eigenvalue weighted by Crippen LogP contribution is 2.35. The van der Waals surface area contributed by atoms with Gasteiger partial charge in [-0.2, -0.15) is 14.6 Å². The van der Waals surface area contributed by atoms with Crippen LogP contribution < -0.4 is 11.1 Å². The minimum Gasteiger partial charge on any atom is -0.477 e. The Morgan fingerprint density at radius 3 is 2.66 bits per heavy atom. The van der Waals surface area contributed by atoms with Crippen molar-refractivity contribution in [2.45, 2.75) is 38.8 Å². The summed E-state index contributed by atoms with van der Waals surface area (Å²) in [5.74, 6) is -2.37. The summed E-state index contributed by atoms with van der Waals surface area (Å²) in [5.41, 5.74) is 9.43. The second kappa shape index (κ2) is 12.5. The van der Waals surface area contributed by atoms with E-state index in [0.717, 1.165) is 22.3 Å². The van der Waals surface area contributed by atoms with Crippen molar-refractivity contribution < 1.29 is 28.6 Å². The van der Waals surface area contributed by atoms with Crippen molar-refractivity contribution in [3.8, 4) is 0 Å². The fourth-order valence-corrected chi connectivity index (χ4v) is 4.55. The van der Waals surface area contributed by atoms with E-state index in [9.17, 15) is 23.9 Å². The highest BCUT2D eigenvalue weighted by Gasteiger charge is 2.29. The lowest BCUT2D eigenvalue weighted by atomic mass is 9.98. The van der Waals surface area contributed by atoms with Crippen molar-refractivity contribution in [1.29, 1.82) is 0 Å². The number of halogens is 1. The van der Waals surface area contributed by atoms with Gasteiger partial charge in [-0.1, -0.05) is 30.9 Å². The summed E-state index contributed by atoms with van der Waals surface area (Å²) in [4.78, 5) is 44.3. The lowest BCUT2D eigenvalue weighted by Crippen LogP contribution is -2.29. The Kier molecular flexibility index (Phi) is 8.83. The minimum atomic E-state index is -1.27. The van der Waals surface area contributed by atoms with E-state index in [0.29, 0.717) is 18.4 Å². The van der Waals surface area contributed by atoms with Crippen LogP contribution in [0, 0.1) is 12.7 Å². The standard InChI is InChI=1S/C21H19N5O5.C8H10FN/c1-3-8-31-20(30)13-4-5-14-12(11(13)2)6-7-15(14)24-18(27)17-9-16(19(28)29)25-21-22-10-23-26(17)21;1-6(10)7-2-4-8(9)5-3-7/h3-5,9-10,15H,1,6-8H2,2H3,(H,24,27)(H,28,29);2-6H,10H2,1H3/t15-;6-/m00/s1. The number of carbonyl (C=O) groups is 3. The van der Waals surface area contributed by atoms with E-state index in [1.54, 1.807) is 18.2 Å². The maximum absolute atomic E-state index is 13.0. The zero-order valence-electron chi connectivity index (χ0n) is 22.5. The van der Waals surface area contributed by atoms with Gasteiger partial charge in [-0.25, -0.2) is 19.0 Å². The molecule has 2 aromatic carbocycles. The van der Waals surface area contributed by atoms with Crippen molar-refractivity contribution in [1.82, 2.24) is 24.9 Å². The highest BCUT2D eigenvalue weighted by atomic mass is 19.1. The lowest BCUT2D eigenvalue weighted by molar-refractivity contribution is 0.0548. The Labute approximate surface area is 234 Å². The van der Waals surface area contributed by atoms with Crippen molar-refractivity contribution in [3.63, 3.8) is 0 Å². The molecular weight excluding hydrogens is 531 g/mol. The maximum Gasteiger partial charge on any atom is 0.354 e. The van der Waals surface area contributed by atoms with E-state index >= 15 is 0 Å². The summed E-state index contributed by atoms with van der Waals surface area (Å²) in [6, 6.07) is 10.6. The van der Waals surface area contributed by atoms with Crippen molar-refractivity contribution in [2.24, 2.45) is 5.73 Å². The Morgan fingerprint density at radius 2 is 2.00 bits per heavy atom. The number of benzene rings is 2. The number of aromatic nitrogens is 4. The van der Waals surface area contributed by atoms with Crippen molar-refractivity contribution in [2.75, 3.05) is 6.61 Å². The fraction of sp³-hybridized carbons (Fsp3) is 0.241. The molecule has 2 heterocycles. The van der Waals surface area contributed by atoms with Gasteiger partial charge in [-0.3, -0.25) is 4.79 Å². The van der Waals surface area contributed by atoms with Gasteiger partial charge in [0.2, 0.25) is 0 Å². The molecule has 1 aliphatic carbocycles. The van der Waals surface area contributed by atoms with Gasteiger partial charge in [-0.15, -0.1) is 0 Å². The molecule has 5 rings (SSSR count). The van der Waals surface area contributed by atoms with Gasteiger partial charge < -0.3 is 20.9 Å². The number of carboxylic acid groups (broad SMARTS) is 1. The van der Waals surface area contributed by atoms with Crippen LogP contribution in [-0.4, -0.2) is 49.1 Å². The molecule has 1 amide bonds.